The first-order valence-corrected chi connectivity index (χ1v) is 8.87. The molecule has 1 N–H and O–H groups in total. The van der Waals surface area contributed by atoms with Gasteiger partial charge < -0.3 is 15.0 Å². The molecule has 3 rings (SSSR count). The third-order valence-corrected chi connectivity index (χ3v) is 5.12. The average molecular weight is 330 g/mol. The lowest BCUT2D eigenvalue weighted by molar-refractivity contribution is -0.127. The molecule has 0 radical (unpaired) electrons. The molecule has 0 spiro atoms. The van der Waals surface area contributed by atoms with Crippen LogP contribution in [0, 0.1) is 5.92 Å². The molecule has 0 bridgehead atoms. The molecule has 130 valence electrons. The second kappa shape index (κ2) is 7.69. The highest BCUT2D eigenvalue weighted by atomic mass is 16.5. The average Bonchev–Trinajstić information content (AvgIpc) is 3.23. The fraction of sp³-hybridized carbons (Fsp3) is 0.579. The number of methoxy groups -OCH3 is 1. The van der Waals surface area contributed by atoms with E-state index < -0.39 is 0 Å². The monoisotopic (exact) mass is 330 g/mol. The van der Waals surface area contributed by atoms with Gasteiger partial charge in [0.1, 0.15) is 5.75 Å². The zero-order valence-corrected chi connectivity index (χ0v) is 14.3. The van der Waals surface area contributed by atoms with Gasteiger partial charge in [-0.15, -0.1) is 0 Å². The van der Waals surface area contributed by atoms with E-state index >= 15 is 0 Å². The number of ether oxygens (including phenoxy) is 1. The van der Waals surface area contributed by atoms with Gasteiger partial charge in [0.25, 0.3) is 0 Å². The fourth-order valence-corrected chi connectivity index (χ4v) is 3.65. The zero-order valence-electron chi connectivity index (χ0n) is 14.3. The van der Waals surface area contributed by atoms with E-state index in [9.17, 15) is 9.59 Å². The summed E-state index contributed by atoms with van der Waals surface area (Å²) in [6, 6.07) is 7.90. The smallest absolute Gasteiger partial charge is 0.224 e. The Kier molecular flexibility index (Phi) is 5.38. The Morgan fingerprint density at radius 2 is 1.96 bits per heavy atom. The van der Waals surface area contributed by atoms with Crippen LogP contribution in [0.5, 0.6) is 5.75 Å². The van der Waals surface area contributed by atoms with Gasteiger partial charge in [0, 0.05) is 25.4 Å². The van der Waals surface area contributed by atoms with Gasteiger partial charge in [0.15, 0.2) is 0 Å². The molecule has 24 heavy (non-hydrogen) atoms. The first-order valence-electron chi connectivity index (χ1n) is 8.87. The molecule has 1 saturated heterocycles. The van der Waals surface area contributed by atoms with Gasteiger partial charge >= 0.3 is 0 Å². The summed E-state index contributed by atoms with van der Waals surface area (Å²) in [7, 11) is 1.65. The number of benzene rings is 1. The molecular weight excluding hydrogens is 304 g/mol. The van der Waals surface area contributed by atoms with Gasteiger partial charge in [0.2, 0.25) is 11.8 Å². The van der Waals surface area contributed by atoms with Crippen molar-refractivity contribution in [2.75, 3.05) is 20.2 Å². The van der Waals surface area contributed by atoms with Gasteiger partial charge in [-0.05, 0) is 37.0 Å². The van der Waals surface area contributed by atoms with E-state index in [0.717, 1.165) is 37.9 Å². The second-order valence-corrected chi connectivity index (χ2v) is 6.83. The summed E-state index contributed by atoms with van der Waals surface area (Å²) in [4.78, 5) is 26.2. The SMILES string of the molecule is COc1ccc(CCN2C[C@@H](NC(=O)C3CCCC3)CC2=O)cc1. The molecule has 2 aliphatic rings. The predicted molar refractivity (Wildman–Crippen MR) is 91.8 cm³/mol. The van der Waals surface area contributed by atoms with Gasteiger partial charge in [0.05, 0.1) is 13.2 Å². The lowest BCUT2D eigenvalue weighted by Crippen LogP contribution is -2.40. The molecule has 2 fully saturated rings. The number of hydrogen-bond donors (Lipinski definition) is 1. The number of rotatable bonds is 6. The Labute approximate surface area is 143 Å². The minimum Gasteiger partial charge on any atom is -0.497 e. The van der Waals surface area contributed by atoms with E-state index in [-0.39, 0.29) is 23.8 Å². The van der Waals surface area contributed by atoms with Crippen LogP contribution in [0.1, 0.15) is 37.7 Å². The summed E-state index contributed by atoms with van der Waals surface area (Å²) in [5, 5.41) is 3.08. The molecule has 1 aromatic rings. The maximum atomic E-state index is 12.2. The topological polar surface area (TPSA) is 58.6 Å². The van der Waals surface area contributed by atoms with Crippen molar-refractivity contribution in [2.24, 2.45) is 5.92 Å². The van der Waals surface area contributed by atoms with E-state index in [0.29, 0.717) is 19.5 Å². The molecular formula is C19H26N2O3. The molecule has 1 heterocycles. The fourth-order valence-electron chi connectivity index (χ4n) is 3.65. The molecule has 5 heteroatoms. The summed E-state index contributed by atoms with van der Waals surface area (Å²) >= 11 is 0. The number of carbonyl (C=O) groups excluding carboxylic acids is 2. The number of nitrogens with one attached hydrogen (secondary N) is 1. The maximum absolute atomic E-state index is 12.2. The van der Waals surface area contributed by atoms with Crippen molar-refractivity contribution < 1.29 is 14.3 Å². The van der Waals surface area contributed by atoms with Gasteiger partial charge in [-0.1, -0.05) is 25.0 Å². The number of likely N-dealkylation sites (tertiary alicyclic amines) is 1. The Morgan fingerprint density at radius 3 is 2.62 bits per heavy atom. The third kappa shape index (κ3) is 4.08. The van der Waals surface area contributed by atoms with Crippen molar-refractivity contribution >= 4 is 11.8 Å². The van der Waals surface area contributed by atoms with Crippen LogP contribution in [0.3, 0.4) is 0 Å². The second-order valence-electron chi connectivity index (χ2n) is 6.83. The third-order valence-electron chi connectivity index (χ3n) is 5.12. The maximum Gasteiger partial charge on any atom is 0.224 e. The zero-order chi connectivity index (χ0) is 16.9. The van der Waals surface area contributed by atoms with Crippen molar-refractivity contribution in [3.05, 3.63) is 29.8 Å². The highest BCUT2D eigenvalue weighted by molar-refractivity contribution is 5.83. The van der Waals surface area contributed by atoms with Crippen LogP contribution in [0.15, 0.2) is 24.3 Å². The summed E-state index contributed by atoms with van der Waals surface area (Å²) in [5.74, 6) is 1.28. The summed E-state index contributed by atoms with van der Waals surface area (Å²) in [6.45, 7) is 1.33. The number of hydrogen-bond acceptors (Lipinski definition) is 3. The van der Waals surface area contributed by atoms with Crippen molar-refractivity contribution in [1.82, 2.24) is 10.2 Å². The molecule has 0 unspecified atom stereocenters. The van der Waals surface area contributed by atoms with Crippen LogP contribution in [-0.2, 0) is 16.0 Å². The first-order chi connectivity index (χ1) is 11.7. The molecule has 1 aromatic carbocycles. The molecule has 1 aliphatic carbocycles. The van der Waals surface area contributed by atoms with Crippen LogP contribution in [-0.4, -0.2) is 43.0 Å². The number of carbonyl (C=O) groups is 2. The Bertz CT molecular complexity index is 579. The van der Waals surface area contributed by atoms with E-state index in [1.165, 1.54) is 5.56 Å². The highest BCUT2D eigenvalue weighted by Crippen LogP contribution is 2.25. The summed E-state index contributed by atoms with van der Waals surface area (Å²) in [5.41, 5.74) is 1.18. The first kappa shape index (κ1) is 16.8. The highest BCUT2D eigenvalue weighted by Gasteiger charge is 2.32. The van der Waals surface area contributed by atoms with Crippen molar-refractivity contribution in [3.63, 3.8) is 0 Å². The lowest BCUT2D eigenvalue weighted by Gasteiger charge is -2.18. The Balaban J connectivity index is 1.46. The minimum atomic E-state index is -0.0264. The molecule has 1 saturated carbocycles. The van der Waals surface area contributed by atoms with E-state index in [1.807, 2.05) is 29.2 Å². The predicted octanol–water partition coefficient (Wildman–Crippen LogP) is 2.14. The molecule has 1 atom stereocenters. The van der Waals surface area contributed by atoms with E-state index in [4.69, 9.17) is 4.74 Å². The summed E-state index contributed by atoms with van der Waals surface area (Å²) < 4.78 is 5.15. The summed E-state index contributed by atoms with van der Waals surface area (Å²) in [6.07, 6.45) is 5.53. The Hall–Kier alpha value is -2.04. The van der Waals surface area contributed by atoms with Gasteiger partial charge in [-0.2, -0.15) is 0 Å². The molecule has 0 aromatic heterocycles. The van der Waals surface area contributed by atoms with Gasteiger partial charge in [-0.25, -0.2) is 0 Å². The van der Waals surface area contributed by atoms with Crippen LogP contribution < -0.4 is 10.1 Å². The van der Waals surface area contributed by atoms with Crippen molar-refractivity contribution in [1.29, 1.82) is 0 Å². The number of nitrogens with zero attached hydrogens (tertiary/aromatic N) is 1. The van der Waals surface area contributed by atoms with Crippen LogP contribution >= 0.6 is 0 Å². The van der Waals surface area contributed by atoms with Crippen molar-refractivity contribution in [3.8, 4) is 5.75 Å². The van der Waals surface area contributed by atoms with Crippen LogP contribution in [0.2, 0.25) is 0 Å². The Morgan fingerprint density at radius 1 is 1.25 bits per heavy atom. The van der Waals surface area contributed by atoms with Crippen LogP contribution in [0.25, 0.3) is 0 Å². The van der Waals surface area contributed by atoms with Gasteiger partial charge in [-0.3, -0.25) is 9.59 Å². The largest absolute Gasteiger partial charge is 0.497 e. The molecule has 5 nitrogen and oxygen atoms in total. The van der Waals surface area contributed by atoms with Crippen molar-refractivity contribution in [2.45, 2.75) is 44.6 Å². The van der Waals surface area contributed by atoms with E-state index in [1.54, 1.807) is 7.11 Å². The van der Waals surface area contributed by atoms with Crippen LogP contribution in [0.4, 0.5) is 0 Å². The van der Waals surface area contributed by atoms with E-state index in [2.05, 4.69) is 5.32 Å². The minimum absolute atomic E-state index is 0.0264. The normalized spacial score (nSPS) is 21.3. The molecule has 1 aliphatic heterocycles. The molecule has 2 amide bonds. The quantitative estimate of drug-likeness (QED) is 0.869. The standard InChI is InChI=1S/C19H26N2O3/c1-24-17-8-6-14(7-9-17)10-11-21-13-16(12-18(21)22)20-19(23)15-4-2-3-5-15/h6-9,15-16H,2-5,10-13H2,1H3,(H,20,23)/t16-/m0/s1. The number of amides is 2. The lowest BCUT2D eigenvalue weighted by atomic mass is 10.1.